The largest absolute Gasteiger partial charge is 0.371 e. The van der Waals surface area contributed by atoms with Crippen molar-refractivity contribution >= 4 is 50.3 Å². The topological polar surface area (TPSA) is 49.4 Å². The number of hydrogen-bond acceptors (Lipinski definition) is 3. The third-order valence-corrected chi connectivity index (χ3v) is 5.82. The molecule has 1 amide bonds. The van der Waals surface area contributed by atoms with E-state index >= 15 is 0 Å². The predicted octanol–water partition coefficient (Wildman–Crippen LogP) is 5.27. The molecule has 3 aromatic rings. The van der Waals surface area contributed by atoms with Crippen molar-refractivity contribution in [2.45, 2.75) is 12.8 Å². The highest BCUT2D eigenvalue weighted by molar-refractivity contribution is 9.10. The minimum absolute atomic E-state index is 0.0195. The Morgan fingerprint density at radius 1 is 0.964 bits per heavy atom. The Balaban J connectivity index is 1.37. The molecule has 0 aromatic heterocycles. The highest BCUT2D eigenvalue weighted by Crippen LogP contribution is 2.26. The maximum atomic E-state index is 12.7. The number of piperidine rings is 1. The summed E-state index contributed by atoms with van der Waals surface area (Å²) >= 11 is 3.48. The third-order valence-electron chi connectivity index (χ3n) is 5.33. The standard InChI is InChI=1S/C23H21BrN2O2/c24-20-5-3-19-14-21(6-4-18(19)13-20)25-23(28)17-9-11-26(12-10-17)22-7-1-16(15-27)2-8-22/h1-8,13-15,17H,9-12H2,(H,25,28). The predicted molar refractivity (Wildman–Crippen MR) is 117 cm³/mol. The van der Waals surface area contributed by atoms with Gasteiger partial charge in [-0.1, -0.05) is 28.1 Å². The molecule has 142 valence electrons. The van der Waals surface area contributed by atoms with E-state index in [0.717, 1.165) is 58.8 Å². The molecule has 1 aliphatic rings. The Kier molecular flexibility index (Phi) is 5.44. The number of amides is 1. The van der Waals surface area contributed by atoms with Crippen LogP contribution < -0.4 is 10.2 Å². The van der Waals surface area contributed by atoms with Crippen molar-refractivity contribution in [3.63, 3.8) is 0 Å². The van der Waals surface area contributed by atoms with E-state index in [1.54, 1.807) is 0 Å². The molecule has 5 heteroatoms. The van der Waals surface area contributed by atoms with Gasteiger partial charge in [-0.05, 0) is 72.1 Å². The number of nitrogens with one attached hydrogen (secondary N) is 1. The van der Waals surface area contributed by atoms with E-state index in [1.165, 1.54) is 0 Å². The normalized spacial score (nSPS) is 14.8. The van der Waals surface area contributed by atoms with Crippen LogP contribution in [0.15, 0.2) is 65.1 Å². The molecule has 1 N–H and O–H groups in total. The van der Waals surface area contributed by atoms with Crippen LogP contribution in [0.5, 0.6) is 0 Å². The van der Waals surface area contributed by atoms with Crippen LogP contribution in [-0.4, -0.2) is 25.3 Å². The Morgan fingerprint density at radius 3 is 2.36 bits per heavy atom. The number of nitrogens with zero attached hydrogens (tertiary/aromatic N) is 1. The monoisotopic (exact) mass is 436 g/mol. The van der Waals surface area contributed by atoms with Crippen molar-refractivity contribution < 1.29 is 9.59 Å². The number of rotatable bonds is 4. The minimum atomic E-state index is 0.0195. The maximum absolute atomic E-state index is 12.7. The van der Waals surface area contributed by atoms with Gasteiger partial charge in [-0.2, -0.15) is 0 Å². The molecule has 3 aromatic carbocycles. The van der Waals surface area contributed by atoms with Crippen LogP contribution in [0.2, 0.25) is 0 Å². The van der Waals surface area contributed by atoms with Gasteiger partial charge in [0.25, 0.3) is 0 Å². The summed E-state index contributed by atoms with van der Waals surface area (Å²) in [5, 5.41) is 5.33. The first kappa shape index (κ1) is 18.7. The van der Waals surface area contributed by atoms with E-state index in [1.807, 2.05) is 54.6 Å². The second kappa shape index (κ2) is 8.15. The molecule has 1 aliphatic heterocycles. The number of benzene rings is 3. The second-order valence-corrected chi connectivity index (χ2v) is 8.08. The van der Waals surface area contributed by atoms with E-state index in [-0.39, 0.29) is 11.8 Å². The molecule has 0 atom stereocenters. The van der Waals surface area contributed by atoms with Gasteiger partial charge >= 0.3 is 0 Å². The first-order valence-electron chi connectivity index (χ1n) is 9.43. The zero-order chi connectivity index (χ0) is 19.5. The van der Waals surface area contributed by atoms with Crippen LogP contribution in [0.25, 0.3) is 10.8 Å². The summed E-state index contributed by atoms with van der Waals surface area (Å²) in [5.41, 5.74) is 2.62. The average molecular weight is 437 g/mol. The number of carbonyl (C=O) groups is 2. The second-order valence-electron chi connectivity index (χ2n) is 7.17. The number of carbonyl (C=O) groups excluding carboxylic acids is 2. The molecule has 28 heavy (non-hydrogen) atoms. The lowest BCUT2D eigenvalue weighted by molar-refractivity contribution is -0.120. The summed E-state index contributed by atoms with van der Waals surface area (Å²) in [4.78, 5) is 25.8. The first-order chi connectivity index (χ1) is 13.6. The van der Waals surface area contributed by atoms with E-state index in [4.69, 9.17) is 0 Å². The molecule has 0 aliphatic carbocycles. The number of fused-ring (bicyclic) bond motifs is 1. The molecule has 0 bridgehead atoms. The van der Waals surface area contributed by atoms with E-state index < -0.39 is 0 Å². The lowest BCUT2D eigenvalue weighted by atomic mass is 9.95. The molecular weight excluding hydrogens is 416 g/mol. The van der Waals surface area contributed by atoms with Crippen molar-refractivity contribution in [1.82, 2.24) is 0 Å². The van der Waals surface area contributed by atoms with Crippen LogP contribution in [0.4, 0.5) is 11.4 Å². The van der Waals surface area contributed by atoms with Crippen LogP contribution >= 0.6 is 15.9 Å². The van der Waals surface area contributed by atoms with Crippen molar-refractivity contribution in [2.24, 2.45) is 5.92 Å². The molecular formula is C23H21BrN2O2. The van der Waals surface area contributed by atoms with Crippen LogP contribution in [-0.2, 0) is 4.79 Å². The highest BCUT2D eigenvalue weighted by atomic mass is 79.9. The molecule has 1 heterocycles. The molecule has 1 saturated heterocycles. The number of aldehydes is 1. The Hall–Kier alpha value is -2.66. The fourth-order valence-corrected chi connectivity index (χ4v) is 4.08. The third kappa shape index (κ3) is 4.09. The molecule has 0 spiro atoms. The Labute approximate surface area is 172 Å². The molecule has 4 rings (SSSR count). The minimum Gasteiger partial charge on any atom is -0.371 e. The number of anilines is 2. The zero-order valence-corrected chi connectivity index (χ0v) is 17.0. The maximum Gasteiger partial charge on any atom is 0.227 e. The van der Waals surface area contributed by atoms with E-state index in [0.29, 0.717) is 5.56 Å². The molecule has 1 fully saturated rings. The van der Waals surface area contributed by atoms with Gasteiger partial charge in [0.15, 0.2) is 0 Å². The molecule has 0 unspecified atom stereocenters. The Morgan fingerprint density at radius 2 is 1.64 bits per heavy atom. The van der Waals surface area contributed by atoms with E-state index in [2.05, 4.69) is 32.2 Å². The zero-order valence-electron chi connectivity index (χ0n) is 15.4. The van der Waals surface area contributed by atoms with Crippen molar-refractivity contribution in [1.29, 1.82) is 0 Å². The van der Waals surface area contributed by atoms with Crippen LogP contribution in [0.3, 0.4) is 0 Å². The first-order valence-corrected chi connectivity index (χ1v) is 10.2. The number of hydrogen-bond donors (Lipinski definition) is 1. The SMILES string of the molecule is O=Cc1ccc(N2CCC(C(=O)Nc3ccc4cc(Br)ccc4c3)CC2)cc1. The van der Waals surface area contributed by atoms with Gasteiger partial charge in [0.1, 0.15) is 6.29 Å². The lowest BCUT2D eigenvalue weighted by Crippen LogP contribution is -2.38. The fourth-order valence-electron chi connectivity index (χ4n) is 3.70. The summed E-state index contributed by atoms with van der Waals surface area (Å²) in [6, 6.07) is 19.7. The summed E-state index contributed by atoms with van der Waals surface area (Å²) in [6.07, 6.45) is 2.50. The van der Waals surface area contributed by atoms with Gasteiger partial charge in [0.2, 0.25) is 5.91 Å². The highest BCUT2D eigenvalue weighted by Gasteiger charge is 2.25. The van der Waals surface area contributed by atoms with Crippen molar-refractivity contribution in [3.8, 4) is 0 Å². The molecule has 0 saturated carbocycles. The quantitative estimate of drug-likeness (QED) is 0.566. The molecule has 4 nitrogen and oxygen atoms in total. The van der Waals surface area contributed by atoms with Gasteiger partial charge in [-0.3, -0.25) is 9.59 Å². The summed E-state index contributed by atoms with van der Waals surface area (Å²) in [5.74, 6) is 0.110. The lowest BCUT2D eigenvalue weighted by Gasteiger charge is -2.33. The van der Waals surface area contributed by atoms with Crippen molar-refractivity contribution in [3.05, 3.63) is 70.7 Å². The smallest absolute Gasteiger partial charge is 0.227 e. The van der Waals surface area contributed by atoms with Crippen LogP contribution in [0.1, 0.15) is 23.2 Å². The van der Waals surface area contributed by atoms with Gasteiger partial charge in [-0.15, -0.1) is 0 Å². The average Bonchev–Trinajstić information content (AvgIpc) is 2.74. The molecule has 0 radical (unpaired) electrons. The summed E-state index contributed by atoms with van der Waals surface area (Å²) < 4.78 is 1.05. The van der Waals surface area contributed by atoms with Crippen molar-refractivity contribution in [2.75, 3.05) is 23.3 Å². The van der Waals surface area contributed by atoms with E-state index in [9.17, 15) is 9.59 Å². The number of halogens is 1. The van der Waals surface area contributed by atoms with Gasteiger partial charge in [-0.25, -0.2) is 0 Å². The van der Waals surface area contributed by atoms with Crippen LogP contribution in [0, 0.1) is 5.92 Å². The van der Waals surface area contributed by atoms with Gasteiger partial charge in [0.05, 0.1) is 0 Å². The summed E-state index contributed by atoms with van der Waals surface area (Å²) in [7, 11) is 0. The summed E-state index contributed by atoms with van der Waals surface area (Å²) in [6.45, 7) is 1.68. The van der Waals surface area contributed by atoms with Gasteiger partial charge < -0.3 is 10.2 Å². The Bertz CT molecular complexity index is 1010. The fraction of sp³-hybridized carbons (Fsp3) is 0.217. The van der Waals surface area contributed by atoms with Gasteiger partial charge in [0, 0.05) is 40.4 Å².